The summed E-state index contributed by atoms with van der Waals surface area (Å²) in [5, 5.41) is 6.35. The molecule has 1 heterocycles. The number of nitrogens with two attached hydrogens (primary N) is 1. The van der Waals surface area contributed by atoms with Crippen LogP contribution in [-0.2, 0) is 10.0 Å². The maximum Gasteiger partial charge on any atom is 0.304 e. The first-order valence-corrected chi connectivity index (χ1v) is 6.81. The van der Waals surface area contributed by atoms with Crippen molar-refractivity contribution in [3.8, 4) is 11.3 Å². The summed E-state index contributed by atoms with van der Waals surface area (Å²) in [5.41, 5.74) is 0.813. The van der Waals surface area contributed by atoms with Crippen LogP contribution in [0, 0.1) is 5.82 Å². The molecule has 0 bridgehead atoms. The second kappa shape index (κ2) is 4.06. The Morgan fingerprint density at radius 3 is 2.53 bits per heavy atom. The summed E-state index contributed by atoms with van der Waals surface area (Å²) in [6, 6.07) is 3.45. The molecule has 1 aromatic carbocycles. The summed E-state index contributed by atoms with van der Waals surface area (Å²) in [6.45, 7) is 0. The van der Waals surface area contributed by atoms with Crippen LogP contribution in [0.25, 0.3) is 11.3 Å². The summed E-state index contributed by atoms with van der Waals surface area (Å²) < 4.78 is 35.5. The maximum absolute atomic E-state index is 13.5. The Hall–Kier alpha value is -1.51. The van der Waals surface area contributed by atoms with Crippen LogP contribution in [0.5, 0.6) is 0 Å². The highest BCUT2D eigenvalue weighted by Crippen LogP contribution is 2.22. The minimum absolute atomic E-state index is 0.268. The Morgan fingerprint density at radius 1 is 1.35 bits per heavy atom. The van der Waals surface area contributed by atoms with E-state index in [0.717, 1.165) is 23.5 Å². The standard InChI is InChI=1S/C9H7FN2O3S2/c10-6-3-5(7-4-16-9(13)12-7)1-2-8(6)17(11,14)15/h1-4H,(H,12,13)(H2,11,14,15). The zero-order valence-corrected chi connectivity index (χ0v) is 9.94. The van der Waals surface area contributed by atoms with Crippen LogP contribution in [0.15, 0.2) is 33.3 Å². The lowest BCUT2D eigenvalue weighted by molar-refractivity contribution is 0.568. The SMILES string of the molecule is NS(=O)(=O)c1ccc(-c2csc(=O)[nH]2)cc1F. The minimum Gasteiger partial charge on any atom is -0.312 e. The number of rotatable bonds is 2. The first-order valence-electron chi connectivity index (χ1n) is 4.38. The highest BCUT2D eigenvalue weighted by Gasteiger charge is 2.15. The van der Waals surface area contributed by atoms with E-state index in [1.54, 1.807) is 0 Å². The quantitative estimate of drug-likeness (QED) is 0.851. The number of primary sulfonamides is 1. The average Bonchev–Trinajstić information content (AvgIpc) is 2.62. The second-order valence-corrected chi connectivity index (χ2v) is 5.62. The van der Waals surface area contributed by atoms with Gasteiger partial charge in [0, 0.05) is 10.9 Å². The van der Waals surface area contributed by atoms with Crippen LogP contribution in [0.4, 0.5) is 4.39 Å². The number of nitrogens with one attached hydrogen (secondary N) is 1. The molecule has 0 fully saturated rings. The number of hydrogen-bond donors (Lipinski definition) is 2. The molecule has 0 aliphatic heterocycles. The van der Waals surface area contributed by atoms with Crippen LogP contribution in [0.2, 0.25) is 0 Å². The Kier molecular flexibility index (Phi) is 2.86. The predicted molar refractivity (Wildman–Crippen MR) is 61.7 cm³/mol. The predicted octanol–water partition coefficient (Wildman–Crippen LogP) is 0.890. The molecule has 0 saturated heterocycles. The van der Waals surface area contributed by atoms with E-state index < -0.39 is 20.7 Å². The Bertz CT molecular complexity index is 718. The number of H-pyrrole nitrogens is 1. The van der Waals surface area contributed by atoms with Gasteiger partial charge in [-0.15, -0.1) is 0 Å². The van der Waals surface area contributed by atoms with Gasteiger partial charge in [-0.25, -0.2) is 17.9 Å². The Morgan fingerprint density at radius 2 is 2.06 bits per heavy atom. The monoisotopic (exact) mass is 274 g/mol. The normalized spacial score (nSPS) is 11.6. The van der Waals surface area contributed by atoms with Crippen molar-refractivity contribution in [1.82, 2.24) is 4.98 Å². The molecule has 3 N–H and O–H groups in total. The van der Waals surface area contributed by atoms with Gasteiger partial charge in [-0.1, -0.05) is 17.4 Å². The van der Waals surface area contributed by atoms with Gasteiger partial charge >= 0.3 is 4.87 Å². The number of benzene rings is 1. The van der Waals surface area contributed by atoms with E-state index in [0.29, 0.717) is 11.3 Å². The van der Waals surface area contributed by atoms with E-state index in [9.17, 15) is 17.6 Å². The van der Waals surface area contributed by atoms with Gasteiger partial charge in [0.15, 0.2) is 0 Å². The number of aromatic nitrogens is 1. The van der Waals surface area contributed by atoms with Crippen molar-refractivity contribution in [2.24, 2.45) is 5.14 Å². The van der Waals surface area contributed by atoms with Crippen molar-refractivity contribution in [2.75, 3.05) is 0 Å². The average molecular weight is 274 g/mol. The van der Waals surface area contributed by atoms with Gasteiger partial charge < -0.3 is 4.98 Å². The van der Waals surface area contributed by atoms with Gasteiger partial charge in [-0.05, 0) is 12.1 Å². The van der Waals surface area contributed by atoms with Crippen molar-refractivity contribution in [3.63, 3.8) is 0 Å². The number of sulfonamides is 1. The zero-order valence-electron chi connectivity index (χ0n) is 8.31. The summed E-state index contributed by atoms with van der Waals surface area (Å²) >= 11 is 0.938. The number of halogens is 1. The van der Waals surface area contributed by atoms with Crippen molar-refractivity contribution >= 4 is 21.4 Å². The molecule has 0 unspecified atom stereocenters. The molecule has 0 aliphatic rings. The van der Waals surface area contributed by atoms with Crippen molar-refractivity contribution in [2.45, 2.75) is 4.90 Å². The number of hydrogen-bond acceptors (Lipinski definition) is 4. The van der Waals surface area contributed by atoms with Crippen molar-refractivity contribution < 1.29 is 12.8 Å². The summed E-state index contributed by atoms with van der Waals surface area (Å²) in [6.07, 6.45) is 0. The van der Waals surface area contributed by atoms with Gasteiger partial charge in [-0.2, -0.15) is 0 Å². The first kappa shape index (κ1) is 12.0. The summed E-state index contributed by atoms with van der Waals surface area (Å²) in [4.78, 5) is 12.6. The van der Waals surface area contributed by atoms with Crippen LogP contribution in [-0.4, -0.2) is 13.4 Å². The van der Waals surface area contributed by atoms with Gasteiger partial charge in [0.25, 0.3) is 0 Å². The third kappa shape index (κ3) is 2.43. The van der Waals surface area contributed by atoms with E-state index >= 15 is 0 Å². The molecule has 90 valence electrons. The van der Waals surface area contributed by atoms with Gasteiger partial charge in [0.1, 0.15) is 10.7 Å². The van der Waals surface area contributed by atoms with Gasteiger partial charge in [0.05, 0.1) is 5.69 Å². The van der Waals surface area contributed by atoms with E-state index in [-0.39, 0.29) is 4.87 Å². The number of aromatic amines is 1. The van der Waals surface area contributed by atoms with Crippen molar-refractivity contribution in [1.29, 1.82) is 0 Å². The molecule has 0 radical (unpaired) electrons. The first-order chi connectivity index (χ1) is 7.88. The fourth-order valence-corrected chi connectivity index (χ4v) is 2.50. The Balaban J connectivity index is 2.55. The molecule has 0 spiro atoms. The zero-order chi connectivity index (χ0) is 12.6. The summed E-state index contributed by atoms with van der Waals surface area (Å²) in [7, 11) is -4.07. The molecule has 17 heavy (non-hydrogen) atoms. The number of thiazole rings is 1. The third-order valence-electron chi connectivity index (χ3n) is 2.07. The van der Waals surface area contributed by atoms with Crippen LogP contribution < -0.4 is 10.0 Å². The summed E-state index contributed by atoms with van der Waals surface area (Å²) in [5.74, 6) is -0.947. The van der Waals surface area contributed by atoms with Gasteiger partial charge in [-0.3, -0.25) is 4.79 Å². The van der Waals surface area contributed by atoms with Crippen LogP contribution >= 0.6 is 11.3 Å². The van der Waals surface area contributed by atoms with Crippen LogP contribution in [0.3, 0.4) is 0 Å². The molecule has 2 rings (SSSR count). The molecule has 5 nitrogen and oxygen atoms in total. The van der Waals surface area contributed by atoms with E-state index in [4.69, 9.17) is 5.14 Å². The van der Waals surface area contributed by atoms with Gasteiger partial charge in [0.2, 0.25) is 10.0 Å². The largest absolute Gasteiger partial charge is 0.312 e. The van der Waals surface area contributed by atoms with Crippen LogP contribution in [0.1, 0.15) is 0 Å². The topological polar surface area (TPSA) is 93.0 Å². The van der Waals surface area contributed by atoms with Crippen molar-refractivity contribution in [3.05, 3.63) is 39.1 Å². The molecule has 2 aromatic rings. The van der Waals surface area contributed by atoms with E-state index in [2.05, 4.69) is 4.98 Å². The lowest BCUT2D eigenvalue weighted by Crippen LogP contribution is -2.13. The molecule has 0 saturated carbocycles. The smallest absolute Gasteiger partial charge is 0.304 e. The molecule has 0 aliphatic carbocycles. The fraction of sp³-hybridized carbons (Fsp3) is 0. The molecule has 8 heteroatoms. The fourth-order valence-electron chi connectivity index (χ4n) is 1.32. The lowest BCUT2D eigenvalue weighted by Gasteiger charge is -2.02. The molecular weight excluding hydrogens is 267 g/mol. The second-order valence-electron chi connectivity index (χ2n) is 3.25. The molecule has 0 atom stereocenters. The molecule has 0 amide bonds. The van der Waals surface area contributed by atoms with E-state index in [1.807, 2.05) is 0 Å². The highest BCUT2D eigenvalue weighted by atomic mass is 32.2. The lowest BCUT2D eigenvalue weighted by atomic mass is 10.2. The molecular formula is C9H7FN2O3S2. The maximum atomic E-state index is 13.5. The minimum atomic E-state index is -4.07. The van der Waals surface area contributed by atoms with E-state index in [1.165, 1.54) is 11.4 Å². The highest BCUT2D eigenvalue weighted by molar-refractivity contribution is 7.89. The molecule has 1 aromatic heterocycles. The Labute approximate surface area is 99.8 Å². The third-order valence-corrected chi connectivity index (χ3v) is 3.68.